The molecule has 0 saturated heterocycles. The van der Waals surface area contributed by atoms with Crippen LogP contribution >= 0.6 is 11.6 Å². The molecule has 0 fully saturated rings. The largest absolute Gasteiger partial charge is 0.495 e. The molecule has 25 heavy (non-hydrogen) atoms. The number of fused-ring (bicyclic) bond motifs is 1. The summed E-state index contributed by atoms with van der Waals surface area (Å²) in [7, 11) is 1.52. The Labute approximate surface area is 149 Å². The number of aliphatic hydroxyl groups is 1. The summed E-state index contributed by atoms with van der Waals surface area (Å²) >= 11 is 6.22. The highest BCUT2D eigenvalue weighted by Crippen LogP contribution is 2.33. The van der Waals surface area contributed by atoms with E-state index in [1.54, 1.807) is 12.1 Å². The van der Waals surface area contributed by atoms with Gasteiger partial charge >= 0.3 is 0 Å². The lowest BCUT2D eigenvalue weighted by atomic mass is 10.1. The molecule has 2 aromatic heterocycles. The summed E-state index contributed by atoms with van der Waals surface area (Å²) in [6, 6.07) is 7.14. The molecule has 0 bridgehead atoms. The minimum atomic E-state index is -0.160. The molecule has 0 spiro atoms. The zero-order chi connectivity index (χ0) is 18.0. The molecule has 0 radical (unpaired) electrons. The first-order valence-electron chi connectivity index (χ1n) is 7.72. The van der Waals surface area contributed by atoms with Gasteiger partial charge in [0.25, 0.3) is 0 Å². The van der Waals surface area contributed by atoms with Crippen LogP contribution in [0.4, 0.5) is 0 Å². The molecule has 0 amide bonds. The molecule has 7 heteroatoms. The summed E-state index contributed by atoms with van der Waals surface area (Å²) in [5, 5.41) is 10.1. The molecular formula is C18H18ClN3O3. The molecule has 130 valence electrons. The maximum Gasteiger partial charge on any atom is 0.150 e. The Morgan fingerprint density at radius 1 is 1.40 bits per heavy atom. The molecule has 6 nitrogen and oxygen atoms in total. The predicted molar refractivity (Wildman–Crippen MR) is 95.9 cm³/mol. The van der Waals surface area contributed by atoms with Crippen molar-refractivity contribution in [1.29, 1.82) is 0 Å². The number of halogens is 1. The SMILES string of the molecule is COc1cc(CO)c(-c2cn3ccc(CC(=O)CN)cc3n2)cc1Cl. The maximum atomic E-state index is 11.5. The van der Waals surface area contributed by atoms with Crippen molar-refractivity contribution in [1.82, 2.24) is 9.38 Å². The van der Waals surface area contributed by atoms with Crippen molar-refractivity contribution < 1.29 is 14.6 Å². The van der Waals surface area contributed by atoms with E-state index in [0.717, 1.165) is 11.1 Å². The van der Waals surface area contributed by atoms with Crippen molar-refractivity contribution in [3.63, 3.8) is 0 Å². The quantitative estimate of drug-likeness (QED) is 0.704. The highest BCUT2D eigenvalue weighted by atomic mass is 35.5. The molecular weight excluding hydrogens is 342 g/mol. The minimum Gasteiger partial charge on any atom is -0.495 e. The zero-order valence-corrected chi connectivity index (χ0v) is 14.5. The predicted octanol–water partition coefficient (Wildman–Crippen LogP) is 2.23. The minimum absolute atomic E-state index is 0.0229. The average molecular weight is 360 g/mol. The fraction of sp³-hybridized carbons (Fsp3) is 0.222. The van der Waals surface area contributed by atoms with Crippen molar-refractivity contribution in [2.75, 3.05) is 13.7 Å². The Balaban J connectivity index is 2.04. The van der Waals surface area contributed by atoms with Gasteiger partial charge in [0.15, 0.2) is 5.78 Å². The zero-order valence-electron chi connectivity index (χ0n) is 13.7. The first-order valence-corrected chi connectivity index (χ1v) is 8.10. The van der Waals surface area contributed by atoms with Crippen LogP contribution in [0.5, 0.6) is 5.75 Å². The van der Waals surface area contributed by atoms with Crippen LogP contribution in [0.1, 0.15) is 11.1 Å². The molecule has 0 unspecified atom stereocenters. The van der Waals surface area contributed by atoms with E-state index in [-0.39, 0.29) is 25.4 Å². The van der Waals surface area contributed by atoms with Crippen LogP contribution in [-0.2, 0) is 17.8 Å². The Bertz CT molecular complexity index is 937. The Morgan fingerprint density at radius 2 is 2.20 bits per heavy atom. The van der Waals surface area contributed by atoms with E-state index in [0.29, 0.717) is 27.7 Å². The molecule has 0 atom stereocenters. The van der Waals surface area contributed by atoms with Crippen molar-refractivity contribution in [2.24, 2.45) is 5.73 Å². The number of methoxy groups -OCH3 is 1. The van der Waals surface area contributed by atoms with Crippen molar-refractivity contribution >= 4 is 23.0 Å². The summed E-state index contributed by atoms with van der Waals surface area (Å²) in [4.78, 5) is 16.1. The number of ketones is 1. The number of nitrogens with two attached hydrogens (primary N) is 1. The van der Waals surface area contributed by atoms with Crippen LogP contribution in [0.15, 0.2) is 36.7 Å². The number of rotatable bonds is 6. The average Bonchev–Trinajstić information content (AvgIpc) is 3.04. The first kappa shape index (κ1) is 17.4. The van der Waals surface area contributed by atoms with Crippen molar-refractivity contribution in [2.45, 2.75) is 13.0 Å². The first-order chi connectivity index (χ1) is 12.0. The maximum absolute atomic E-state index is 11.5. The number of ether oxygens (including phenoxy) is 1. The van der Waals surface area contributed by atoms with Gasteiger partial charge in [-0.25, -0.2) is 4.98 Å². The molecule has 0 saturated carbocycles. The van der Waals surface area contributed by atoms with Crippen LogP contribution in [0.2, 0.25) is 5.02 Å². The molecule has 3 rings (SSSR count). The molecule has 3 aromatic rings. The lowest BCUT2D eigenvalue weighted by Gasteiger charge is -2.09. The molecule has 1 aromatic carbocycles. The summed E-state index contributed by atoms with van der Waals surface area (Å²) in [6.45, 7) is -0.137. The van der Waals surface area contributed by atoms with E-state index in [1.807, 2.05) is 28.9 Å². The second kappa shape index (κ2) is 7.23. The third kappa shape index (κ3) is 3.51. The van der Waals surface area contributed by atoms with Gasteiger partial charge in [0.1, 0.15) is 11.4 Å². The van der Waals surface area contributed by atoms with E-state index >= 15 is 0 Å². The highest BCUT2D eigenvalue weighted by molar-refractivity contribution is 6.32. The highest BCUT2D eigenvalue weighted by Gasteiger charge is 2.14. The summed E-state index contributed by atoms with van der Waals surface area (Å²) in [5.41, 5.74) is 9.00. The number of nitrogens with zero attached hydrogens (tertiary/aromatic N) is 2. The van der Waals surface area contributed by atoms with Gasteiger partial charge in [-0.1, -0.05) is 11.6 Å². The van der Waals surface area contributed by atoms with Gasteiger partial charge in [-0.3, -0.25) is 4.79 Å². The fourth-order valence-corrected chi connectivity index (χ4v) is 2.93. The Morgan fingerprint density at radius 3 is 2.88 bits per heavy atom. The summed E-state index contributed by atoms with van der Waals surface area (Å²) in [5.74, 6) is 0.474. The number of benzene rings is 1. The summed E-state index contributed by atoms with van der Waals surface area (Å²) < 4.78 is 7.04. The lowest BCUT2D eigenvalue weighted by Crippen LogP contribution is -2.15. The van der Waals surface area contributed by atoms with E-state index < -0.39 is 0 Å². The number of aliphatic hydroxyl groups excluding tert-OH is 1. The van der Waals surface area contributed by atoms with Crippen LogP contribution in [0, 0.1) is 0 Å². The fourth-order valence-electron chi connectivity index (χ4n) is 2.68. The van der Waals surface area contributed by atoms with Gasteiger partial charge in [-0.2, -0.15) is 0 Å². The number of hydrogen-bond donors (Lipinski definition) is 2. The third-order valence-corrected chi connectivity index (χ3v) is 4.27. The van der Waals surface area contributed by atoms with Gasteiger partial charge in [0.05, 0.1) is 31.0 Å². The lowest BCUT2D eigenvalue weighted by molar-refractivity contribution is -0.117. The van der Waals surface area contributed by atoms with E-state index in [4.69, 9.17) is 22.1 Å². The number of pyridine rings is 1. The van der Waals surface area contributed by atoms with E-state index in [9.17, 15) is 9.90 Å². The van der Waals surface area contributed by atoms with E-state index in [1.165, 1.54) is 7.11 Å². The van der Waals surface area contributed by atoms with Crippen molar-refractivity contribution in [3.8, 4) is 17.0 Å². The number of Topliss-reactive ketones (excluding diaryl/α,β-unsaturated/α-hetero) is 1. The van der Waals surface area contributed by atoms with Gasteiger partial charge in [-0.15, -0.1) is 0 Å². The standard InChI is InChI=1S/C18H18ClN3O3/c1-25-17-6-12(10-23)14(7-15(17)19)16-9-22-3-2-11(4-13(24)8-20)5-18(22)21-16/h2-3,5-7,9,23H,4,8,10,20H2,1H3. The monoisotopic (exact) mass is 359 g/mol. The topological polar surface area (TPSA) is 89.9 Å². The Hall–Kier alpha value is -2.41. The third-order valence-electron chi connectivity index (χ3n) is 3.98. The molecule has 0 aliphatic heterocycles. The number of imidazole rings is 1. The number of carbonyl (C=O) groups is 1. The normalized spacial score (nSPS) is 11.0. The molecule has 0 aliphatic rings. The van der Waals surface area contributed by atoms with Gasteiger partial charge < -0.3 is 20.0 Å². The van der Waals surface area contributed by atoms with Gasteiger partial charge in [0, 0.05) is 24.4 Å². The smallest absolute Gasteiger partial charge is 0.150 e. The molecule has 0 aliphatic carbocycles. The van der Waals surface area contributed by atoms with Crippen LogP contribution in [0.3, 0.4) is 0 Å². The molecule has 3 N–H and O–H groups in total. The number of hydrogen-bond acceptors (Lipinski definition) is 5. The van der Waals surface area contributed by atoms with Gasteiger partial charge in [-0.05, 0) is 35.4 Å². The van der Waals surface area contributed by atoms with E-state index in [2.05, 4.69) is 4.98 Å². The van der Waals surface area contributed by atoms with Crippen LogP contribution in [0.25, 0.3) is 16.9 Å². The Kier molecular flexibility index (Phi) is 5.03. The van der Waals surface area contributed by atoms with Gasteiger partial charge in [0.2, 0.25) is 0 Å². The second-order valence-corrected chi connectivity index (χ2v) is 6.06. The van der Waals surface area contributed by atoms with Crippen LogP contribution < -0.4 is 10.5 Å². The second-order valence-electron chi connectivity index (χ2n) is 5.65. The van der Waals surface area contributed by atoms with Crippen molar-refractivity contribution in [3.05, 3.63) is 52.8 Å². The molecule has 2 heterocycles. The van der Waals surface area contributed by atoms with Crippen LogP contribution in [-0.4, -0.2) is 33.9 Å². The number of carbonyl (C=O) groups excluding carboxylic acids is 1. The summed E-state index contributed by atoms with van der Waals surface area (Å²) in [6.07, 6.45) is 3.97. The number of aromatic nitrogens is 2.